The molecule has 0 aliphatic heterocycles. The number of hydrogen-bond donors (Lipinski definition) is 1. The van der Waals surface area contributed by atoms with E-state index in [1.165, 1.54) is 5.56 Å². The number of aryl methyl sites for hydroxylation is 1. The van der Waals surface area contributed by atoms with Crippen molar-refractivity contribution in [3.63, 3.8) is 0 Å². The summed E-state index contributed by atoms with van der Waals surface area (Å²) in [5.41, 5.74) is 2.19. The molecule has 2 nitrogen and oxygen atoms in total. The van der Waals surface area contributed by atoms with E-state index in [-0.39, 0.29) is 0 Å². The first kappa shape index (κ1) is 13.6. The number of thiophene rings is 1. The van der Waals surface area contributed by atoms with Gasteiger partial charge in [0, 0.05) is 15.4 Å². The Bertz CT molecular complexity index is 493. The van der Waals surface area contributed by atoms with Crippen LogP contribution in [0.1, 0.15) is 23.7 Å². The summed E-state index contributed by atoms with van der Waals surface area (Å²) in [5.74, 6) is 0.861. The highest BCUT2D eigenvalue weighted by molar-refractivity contribution is 9.10. The minimum atomic E-state index is -0.410. The molecule has 0 aliphatic rings. The molecule has 0 aliphatic carbocycles. The zero-order valence-corrected chi connectivity index (χ0v) is 12.5. The van der Waals surface area contributed by atoms with Crippen molar-refractivity contribution in [1.82, 2.24) is 0 Å². The van der Waals surface area contributed by atoms with Gasteiger partial charge in [-0.3, -0.25) is 0 Å². The Morgan fingerprint density at radius 3 is 2.56 bits per heavy atom. The van der Waals surface area contributed by atoms with E-state index in [9.17, 15) is 5.11 Å². The molecule has 96 valence electrons. The lowest BCUT2D eigenvalue weighted by Crippen LogP contribution is -1.99. The van der Waals surface area contributed by atoms with Crippen LogP contribution in [0.2, 0.25) is 0 Å². The van der Waals surface area contributed by atoms with Gasteiger partial charge in [0.2, 0.25) is 0 Å². The molecule has 1 atom stereocenters. The molecule has 1 N–H and O–H groups in total. The molecule has 0 bridgehead atoms. The van der Waals surface area contributed by atoms with Crippen molar-refractivity contribution < 1.29 is 9.84 Å². The van der Waals surface area contributed by atoms with Gasteiger partial charge in [-0.05, 0) is 51.8 Å². The van der Waals surface area contributed by atoms with E-state index in [1.54, 1.807) is 18.4 Å². The molecule has 1 aromatic heterocycles. The first-order chi connectivity index (χ1) is 8.70. The van der Waals surface area contributed by atoms with E-state index in [0.717, 1.165) is 28.6 Å². The maximum absolute atomic E-state index is 10.1. The third-order valence-corrected chi connectivity index (χ3v) is 4.62. The summed E-state index contributed by atoms with van der Waals surface area (Å²) in [6, 6.07) is 7.97. The molecular weight excluding hydrogens is 312 g/mol. The molecule has 0 fully saturated rings. The third-order valence-electron chi connectivity index (χ3n) is 2.87. The Kier molecular flexibility index (Phi) is 4.80. The number of benzene rings is 1. The summed E-state index contributed by atoms with van der Waals surface area (Å²) in [4.78, 5) is 0. The lowest BCUT2D eigenvalue weighted by atomic mass is 10.0. The van der Waals surface area contributed by atoms with E-state index < -0.39 is 6.10 Å². The Morgan fingerprint density at radius 1 is 1.28 bits per heavy atom. The highest BCUT2D eigenvalue weighted by atomic mass is 79.9. The molecular formula is C14H15BrO2S. The predicted octanol–water partition coefficient (Wildman–Crippen LogP) is 4.19. The van der Waals surface area contributed by atoms with Crippen molar-refractivity contribution >= 4 is 27.3 Å². The fourth-order valence-corrected chi connectivity index (χ4v) is 3.39. The number of aliphatic hydroxyl groups excluding tert-OH is 1. The van der Waals surface area contributed by atoms with Crippen LogP contribution in [0.4, 0.5) is 0 Å². The van der Waals surface area contributed by atoms with Crippen LogP contribution in [0.3, 0.4) is 0 Å². The molecule has 0 amide bonds. The number of ether oxygens (including phenoxy) is 1. The van der Waals surface area contributed by atoms with E-state index in [0.29, 0.717) is 0 Å². The fourth-order valence-electron chi connectivity index (χ4n) is 1.78. The molecule has 1 aromatic carbocycles. The molecule has 0 saturated carbocycles. The average molecular weight is 327 g/mol. The molecule has 4 heteroatoms. The molecule has 18 heavy (non-hydrogen) atoms. The van der Waals surface area contributed by atoms with Gasteiger partial charge >= 0.3 is 0 Å². The van der Waals surface area contributed by atoms with Crippen molar-refractivity contribution in [1.29, 1.82) is 0 Å². The second kappa shape index (κ2) is 6.36. The zero-order valence-electron chi connectivity index (χ0n) is 10.1. The Hall–Kier alpha value is -0.840. The smallest absolute Gasteiger partial charge is 0.118 e. The van der Waals surface area contributed by atoms with Crippen LogP contribution in [0.15, 0.2) is 39.5 Å². The van der Waals surface area contributed by atoms with Gasteiger partial charge in [0.15, 0.2) is 0 Å². The number of hydrogen-bond acceptors (Lipinski definition) is 3. The zero-order chi connectivity index (χ0) is 13.0. The van der Waals surface area contributed by atoms with E-state index in [4.69, 9.17) is 4.74 Å². The molecule has 0 spiro atoms. The standard InChI is InChI=1S/C14H15BrO2S/c1-17-11-5-2-10(3-6-11)4-7-14(16)12-8-18-9-13(12)15/h2-3,5-6,8-9,14,16H,4,7H2,1H3. The van der Waals surface area contributed by atoms with Gasteiger partial charge in [-0.1, -0.05) is 12.1 Å². The molecule has 1 heterocycles. The predicted molar refractivity (Wildman–Crippen MR) is 78.3 cm³/mol. The number of methoxy groups -OCH3 is 1. The van der Waals surface area contributed by atoms with E-state index in [1.807, 2.05) is 35.0 Å². The Morgan fingerprint density at radius 2 is 2.00 bits per heavy atom. The Balaban J connectivity index is 1.93. The van der Waals surface area contributed by atoms with Crippen molar-refractivity contribution in [3.8, 4) is 5.75 Å². The van der Waals surface area contributed by atoms with Crippen molar-refractivity contribution in [3.05, 3.63) is 50.6 Å². The molecule has 1 unspecified atom stereocenters. The van der Waals surface area contributed by atoms with E-state index in [2.05, 4.69) is 15.9 Å². The summed E-state index contributed by atoms with van der Waals surface area (Å²) in [6.45, 7) is 0. The van der Waals surface area contributed by atoms with Gasteiger partial charge in [-0.2, -0.15) is 11.3 Å². The summed E-state index contributed by atoms with van der Waals surface area (Å²) in [7, 11) is 1.66. The monoisotopic (exact) mass is 326 g/mol. The number of aliphatic hydroxyl groups is 1. The SMILES string of the molecule is COc1ccc(CCC(O)c2cscc2Br)cc1. The first-order valence-electron chi connectivity index (χ1n) is 5.73. The number of halogens is 1. The highest BCUT2D eigenvalue weighted by Crippen LogP contribution is 2.30. The van der Waals surface area contributed by atoms with Crippen LogP contribution in [0.25, 0.3) is 0 Å². The van der Waals surface area contributed by atoms with Crippen molar-refractivity contribution in [2.24, 2.45) is 0 Å². The van der Waals surface area contributed by atoms with Gasteiger partial charge in [0.05, 0.1) is 13.2 Å². The van der Waals surface area contributed by atoms with Crippen LogP contribution in [-0.4, -0.2) is 12.2 Å². The first-order valence-corrected chi connectivity index (χ1v) is 7.47. The normalized spacial score (nSPS) is 12.4. The second-order valence-electron chi connectivity index (χ2n) is 4.08. The van der Waals surface area contributed by atoms with Gasteiger partial charge in [0.1, 0.15) is 5.75 Å². The maximum Gasteiger partial charge on any atom is 0.118 e. The lowest BCUT2D eigenvalue weighted by molar-refractivity contribution is 0.167. The van der Waals surface area contributed by atoms with Crippen LogP contribution in [0.5, 0.6) is 5.75 Å². The summed E-state index contributed by atoms with van der Waals surface area (Å²) >= 11 is 5.04. The largest absolute Gasteiger partial charge is 0.497 e. The topological polar surface area (TPSA) is 29.5 Å². The summed E-state index contributed by atoms with van der Waals surface area (Å²) < 4.78 is 6.11. The van der Waals surface area contributed by atoms with Crippen LogP contribution < -0.4 is 4.74 Å². The van der Waals surface area contributed by atoms with Gasteiger partial charge in [-0.25, -0.2) is 0 Å². The van der Waals surface area contributed by atoms with Gasteiger partial charge in [0.25, 0.3) is 0 Å². The van der Waals surface area contributed by atoms with Gasteiger partial charge in [-0.15, -0.1) is 0 Å². The third kappa shape index (κ3) is 3.34. The number of rotatable bonds is 5. The van der Waals surface area contributed by atoms with Gasteiger partial charge < -0.3 is 9.84 Å². The van der Waals surface area contributed by atoms with Crippen molar-refractivity contribution in [2.75, 3.05) is 7.11 Å². The molecule has 0 radical (unpaired) electrons. The Labute approximate surface area is 119 Å². The van der Waals surface area contributed by atoms with E-state index >= 15 is 0 Å². The van der Waals surface area contributed by atoms with Crippen LogP contribution in [-0.2, 0) is 6.42 Å². The quantitative estimate of drug-likeness (QED) is 0.892. The van der Waals surface area contributed by atoms with Crippen molar-refractivity contribution in [2.45, 2.75) is 18.9 Å². The maximum atomic E-state index is 10.1. The molecule has 2 aromatic rings. The lowest BCUT2D eigenvalue weighted by Gasteiger charge is -2.10. The molecule has 0 saturated heterocycles. The minimum Gasteiger partial charge on any atom is -0.497 e. The van der Waals surface area contributed by atoms with Crippen LogP contribution >= 0.6 is 27.3 Å². The fraction of sp³-hybridized carbons (Fsp3) is 0.286. The molecule has 2 rings (SSSR count). The second-order valence-corrected chi connectivity index (χ2v) is 5.68. The minimum absolute atomic E-state index is 0.410. The van der Waals surface area contributed by atoms with Crippen LogP contribution in [0, 0.1) is 0 Å². The summed E-state index contributed by atoms with van der Waals surface area (Å²) in [5, 5.41) is 14.1. The highest BCUT2D eigenvalue weighted by Gasteiger charge is 2.12. The summed E-state index contributed by atoms with van der Waals surface area (Å²) in [6.07, 6.45) is 1.17. The average Bonchev–Trinajstić information content (AvgIpc) is 2.83.